The Kier molecular flexibility index (Phi) is 9.68. The van der Waals surface area contributed by atoms with E-state index in [9.17, 15) is 0 Å². The third-order valence-electron chi connectivity index (χ3n) is 14.2. The van der Waals surface area contributed by atoms with Crippen molar-refractivity contribution in [1.29, 1.82) is 0 Å². The van der Waals surface area contributed by atoms with Gasteiger partial charge < -0.3 is 13.7 Å². The molecule has 70 heavy (non-hydrogen) atoms. The molecule has 308 valence electrons. The fourth-order valence-electron chi connectivity index (χ4n) is 10.9. The number of aromatic nitrogens is 3. The molecule has 0 amide bonds. The van der Waals surface area contributed by atoms with E-state index in [1.165, 1.54) is 0 Å². The maximum absolute atomic E-state index is 7.49. The highest BCUT2D eigenvalue weighted by atomic mass is 15.0. The van der Waals surface area contributed by atoms with Crippen molar-refractivity contribution < 1.29 is 0 Å². The Bertz CT molecular complexity index is 4290. The van der Waals surface area contributed by atoms with E-state index in [2.05, 4.69) is 161 Å². The van der Waals surface area contributed by atoms with E-state index in [1.807, 2.05) is 47.0 Å². The first-order valence-electron chi connectivity index (χ1n) is 23.1. The van der Waals surface area contributed by atoms with Gasteiger partial charge in [-0.2, -0.15) is 0 Å². The summed E-state index contributed by atoms with van der Waals surface area (Å²) in [4.78, 5) is 0. The average Bonchev–Trinajstić information content (AvgIpc) is 4.06. The number of para-hydroxylation sites is 2. The zero-order chi connectivity index (χ0) is 47.5. The minimum Gasteiger partial charge on any atom is -0.311 e. The Labute approximate surface area is 414 Å². The molecule has 0 N–H and O–H groups in total. The lowest BCUT2D eigenvalue weighted by Crippen LogP contribution is -2.48. The Morgan fingerprint density at radius 1 is 0.243 bits per heavy atom. The van der Waals surface area contributed by atoms with E-state index in [4.69, 9.17) is 54.9 Å². The van der Waals surface area contributed by atoms with E-state index in [0.29, 0.717) is 43.8 Å². The maximum atomic E-state index is 7.49. The normalized spacial score (nSPS) is 11.8. The minimum atomic E-state index is 0.169. The first-order chi connectivity index (χ1) is 34.2. The monoisotopic (exact) mass is 871 g/mol. The van der Waals surface area contributed by atoms with Crippen LogP contribution in [0.1, 0.15) is 0 Å². The van der Waals surface area contributed by atoms with E-state index >= 15 is 0 Å². The second-order valence-corrected chi connectivity index (χ2v) is 18.0. The summed E-state index contributed by atoms with van der Waals surface area (Å²) in [6, 6.07) is 67.5. The van der Waals surface area contributed by atoms with Crippen molar-refractivity contribution >= 4 is 159 Å². The molecular weight excluding hydrogens is 838 g/mol. The van der Waals surface area contributed by atoms with Crippen LogP contribution in [0.2, 0.25) is 0 Å². The van der Waals surface area contributed by atoms with Crippen LogP contribution in [0.5, 0.6) is 0 Å². The Morgan fingerprint density at radius 3 is 1.40 bits per heavy atom. The zero-order valence-electron chi connectivity index (χ0n) is 37.9. The molecule has 0 aliphatic heterocycles. The Balaban J connectivity index is 1.05. The summed E-state index contributed by atoms with van der Waals surface area (Å²) in [6.45, 7) is 0. The zero-order valence-corrected chi connectivity index (χ0v) is 37.9. The van der Waals surface area contributed by atoms with E-state index in [-0.39, 0.29) is 21.9 Å². The predicted octanol–water partition coefficient (Wildman–Crippen LogP) is 7.54. The molecule has 3 heterocycles. The summed E-state index contributed by atoms with van der Waals surface area (Å²) in [7, 11) is 49.5. The van der Waals surface area contributed by atoms with Gasteiger partial charge in [-0.15, -0.1) is 10.9 Å². The molecule has 0 aliphatic carbocycles. The van der Waals surface area contributed by atoms with Crippen molar-refractivity contribution in [3.05, 3.63) is 194 Å². The van der Waals surface area contributed by atoms with Gasteiger partial charge in [-0.1, -0.05) is 155 Å². The minimum absolute atomic E-state index is 0.169. The van der Waals surface area contributed by atoms with Crippen LogP contribution in [0.4, 0.5) is 0 Å². The average molecular weight is 871 g/mol. The summed E-state index contributed by atoms with van der Waals surface area (Å²) >= 11 is 0. The molecule has 0 saturated heterocycles. The van der Waals surface area contributed by atoms with E-state index < -0.39 is 0 Å². The first-order valence-corrected chi connectivity index (χ1v) is 23.1. The smallest absolute Gasteiger partial charge is 0.115 e. The number of hydrogen-bond donors (Lipinski definition) is 0. The quantitative estimate of drug-likeness (QED) is 0.154. The Hall–Kier alpha value is -7.95. The number of benzene rings is 10. The molecule has 10 aromatic carbocycles. The van der Waals surface area contributed by atoms with E-state index in [1.54, 1.807) is 0 Å². The van der Waals surface area contributed by atoms with Crippen molar-refractivity contribution in [2.75, 3.05) is 0 Å². The predicted molar refractivity (Wildman–Crippen MR) is 303 cm³/mol. The lowest BCUT2D eigenvalue weighted by molar-refractivity contribution is 1.17. The third kappa shape index (κ3) is 6.18. The number of nitrogens with zero attached hydrogens (tertiary/aromatic N) is 3. The van der Waals surface area contributed by atoms with Gasteiger partial charge in [0.1, 0.15) is 54.9 Å². The van der Waals surface area contributed by atoms with Gasteiger partial charge >= 0.3 is 0 Å². The molecule has 0 fully saturated rings. The topological polar surface area (TPSA) is 14.8 Å². The summed E-state index contributed by atoms with van der Waals surface area (Å²) in [5.74, 6) is 0. The van der Waals surface area contributed by atoms with E-state index in [0.717, 1.165) is 88.5 Å². The molecule has 0 saturated carbocycles. The van der Waals surface area contributed by atoms with Crippen LogP contribution in [0.25, 0.3) is 116 Å². The molecule has 0 spiro atoms. The largest absolute Gasteiger partial charge is 0.311 e. The van der Waals surface area contributed by atoms with Crippen LogP contribution in [-0.2, 0) is 0 Å². The van der Waals surface area contributed by atoms with Gasteiger partial charge in [0, 0.05) is 55.0 Å². The second kappa shape index (κ2) is 16.1. The molecule has 0 unspecified atom stereocenters. The van der Waals surface area contributed by atoms with Gasteiger partial charge in [0.05, 0.1) is 22.1 Å². The third-order valence-corrected chi connectivity index (χ3v) is 14.2. The fourth-order valence-corrected chi connectivity index (χ4v) is 10.9. The van der Waals surface area contributed by atoms with Gasteiger partial charge in [-0.25, -0.2) is 0 Å². The second-order valence-electron chi connectivity index (χ2n) is 18.0. The van der Waals surface area contributed by atoms with Gasteiger partial charge in [0.15, 0.2) is 0 Å². The summed E-state index contributed by atoms with van der Waals surface area (Å²) in [6.07, 6.45) is 0. The number of hydrogen-bond acceptors (Lipinski definition) is 0. The molecule has 13 rings (SSSR count). The summed E-state index contributed by atoms with van der Waals surface area (Å²) in [5, 5.41) is 5.30. The van der Waals surface area contributed by atoms with Crippen LogP contribution in [0, 0.1) is 0 Å². The van der Waals surface area contributed by atoms with Gasteiger partial charge in [-0.05, 0) is 105 Å². The molecular formula is C60H32B7N3. The van der Waals surface area contributed by atoms with Crippen molar-refractivity contribution in [2.24, 2.45) is 0 Å². The highest BCUT2D eigenvalue weighted by Crippen LogP contribution is 2.39. The molecule has 0 aliphatic rings. The van der Waals surface area contributed by atoms with Gasteiger partial charge in [0.25, 0.3) is 0 Å². The van der Waals surface area contributed by atoms with Gasteiger partial charge in [-0.3, -0.25) is 0 Å². The molecule has 0 atom stereocenters. The lowest BCUT2D eigenvalue weighted by atomic mass is 9.64. The SMILES string of the molecule is [B]c1c([B])c([B])c2c(c1[B])c1c([B])c(-c3ccc4c(c3)c3ccc(-c5ccccc5)cc3n4-c3ccc(-c4ccccc4)cc3)c([B])c([B])c1n2-c1ccc2c(c1)c1ccccc1n2-c1ccccc1. The van der Waals surface area contributed by atoms with Crippen molar-refractivity contribution in [3.63, 3.8) is 0 Å². The molecule has 3 aromatic heterocycles. The van der Waals surface area contributed by atoms with Crippen LogP contribution in [0.3, 0.4) is 0 Å². The van der Waals surface area contributed by atoms with Crippen LogP contribution in [0.15, 0.2) is 194 Å². The van der Waals surface area contributed by atoms with Crippen LogP contribution in [-0.4, -0.2) is 68.6 Å². The fraction of sp³-hybridized carbons (Fsp3) is 0. The standard InChI is InChI=1S/C60H32B7N3/c61-52-49(37-23-28-46-43(30-37)42-27-22-36(34-14-6-2-7-15-34)31-48(42)69(46)39-24-20-35(21-25-39)33-12-4-1-5-13-33)53(62)57(66)59-50(52)51-54(63)55(64)56(65)58(67)60(51)70(59)40-26-29-47-44(32-40)41-18-10-11-19-45(41)68(47)38-16-8-3-9-17-38/h1-32H. The maximum Gasteiger partial charge on any atom is 0.115 e. The molecule has 10 heteroatoms. The summed E-state index contributed by atoms with van der Waals surface area (Å²) < 4.78 is 6.56. The first kappa shape index (κ1) is 42.2. The number of fused-ring (bicyclic) bond motifs is 9. The van der Waals surface area contributed by atoms with Crippen LogP contribution >= 0.6 is 0 Å². The van der Waals surface area contributed by atoms with Crippen molar-refractivity contribution in [3.8, 4) is 50.4 Å². The Morgan fingerprint density at radius 2 is 0.700 bits per heavy atom. The number of rotatable bonds is 6. The van der Waals surface area contributed by atoms with Crippen molar-refractivity contribution in [1.82, 2.24) is 13.7 Å². The molecule has 13 aromatic rings. The highest BCUT2D eigenvalue weighted by molar-refractivity contribution is 6.69. The van der Waals surface area contributed by atoms with Crippen molar-refractivity contribution in [2.45, 2.75) is 0 Å². The van der Waals surface area contributed by atoms with Crippen LogP contribution < -0.4 is 38.2 Å². The summed E-state index contributed by atoms with van der Waals surface area (Å²) in [5.41, 5.74) is 15.9. The highest BCUT2D eigenvalue weighted by Gasteiger charge is 2.26. The molecule has 14 radical (unpaired) electrons. The molecule has 0 bridgehead atoms. The molecule has 3 nitrogen and oxygen atoms in total. The van der Waals surface area contributed by atoms with Gasteiger partial charge in [0.2, 0.25) is 0 Å². The lowest BCUT2D eigenvalue weighted by Gasteiger charge is -2.19.